The summed E-state index contributed by atoms with van der Waals surface area (Å²) >= 11 is 7.25. The monoisotopic (exact) mass is 429 g/mol. The van der Waals surface area contributed by atoms with Gasteiger partial charge in [-0.05, 0) is 24.0 Å². The lowest BCUT2D eigenvalue weighted by atomic mass is 10.2. The maximum Gasteiger partial charge on any atom is 0.191 e. The summed E-state index contributed by atoms with van der Waals surface area (Å²) in [7, 11) is 1.74. The Morgan fingerprint density at radius 1 is 1.60 bits per heavy atom. The largest absolute Gasteiger partial charge is 0.386 e. The average molecular weight is 430 g/mol. The second kappa shape index (κ2) is 7.29. The third-order valence-electron chi connectivity index (χ3n) is 3.43. The Kier molecular flexibility index (Phi) is 6.56. The van der Waals surface area contributed by atoms with Gasteiger partial charge in [-0.3, -0.25) is 4.99 Å². The van der Waals surface area contributed by atoms with Crippen molar-refractivity contribution >= 4 is 52.9 Å². The molecular formula is C13H21ClIN3OS. The minimum atomic E-state index is -0.566. The fourth-order valence-corrected chi connectivity index (χ4v) is 2.92. The molecule has 0 aliphatic heterocycles. The number of aliphatic hydroxyl groups excluding tert-OH is 1. The normalized spacial score (nSPS) is 21.9. The Hall–Kier alpha value is -0.0500. The molecule has 1 aromatic heterocycles. The van der Waals surface area contributed by atoms with Crippen LogP contribution in [0.4, 0.5) is 0 Å². The molecule has 3 N–H and O–H groups in total. The smallest absolute Gasteiger partial charge is 0.191 e. The number of nitrogens with one attached hydrogen (secondary N) is 2. The molecule has 0 spiro atoms. The Morgan fingerprint density at radius 2 is 2.25 bits per heavy atom. The summed E-state index contributed by atoms with van der Waals surface area (Å²) < 4.78 is 0.691. The van der Waals surface area contributed by atoms with Crippen LogP contribution in [-0.4, -0.2) is 30.7 Å². The van der Waals surface area contributed by atoms with Gasteiger partial charge in [-0.25, -0.2) is 0 Å². The average Bonchev–Trinajstić information content (AvgIpc) is 2.75. The van der Waals surface area contributed by atoms with Gasteiger partial charge in [0.1, 0.15) is 6.10 Å². The summed E-state index contributed by atoms with van der Waals surface area (Å²) in [5, 5.41) is 16.5. The molecule has 114 valence electrons. The van der Waals surface area contributed by atoms with Crippen LogP contribution in [0, 0.1) is 5.41 Å². The number of aliphatic imine (C=N–C) groups is 1. The van der Waals surface area contributed by atoms with E-state index in [1.807, 2.05) is 6.07 Å². The van der Waals surface area contributed by atoms with E-state index >= 15 is 0 Å². The lowest BCUT2D eigenvalue weighted by Gasteiger charge is -2.15. The van der Waals surface area contributed by atoms with Crippen LogP contribution in [0.2, 0.25) is 4.34 Å². The number of nitrogens with zero attached hydrogens (tertiary/aromatic N) is 1. The van der Waals surface area contributed by atoms with Crippen LogP contribution in [-0.2, 0) is 0 Å². The van der Waals surface area contributed by atoms with Crippen LogP contribution in [0.15, 0.2) is 17.1 Å². The molecule has 7 heteroatoms. The van der Waals surface area contributed by atoms with Gasteiger partial charge < -0.3 is 15.7 Å². The highest BCUT2D eigenvalue weighted by Crippen LogP contribution is 2.44. The van der Waals surface area contributed by atoms with Crippen LogP contribution in [0.3, 0.4) is 0 Å². The van der Waals surface area contributed by atoms with Gasteiger partial charge in [0.15, 0.2) is 5.96 Å². The van der Waals surface area contributed by atoms with Gasteiger partial charge in [-0.1, -0.05) is 25.4 Å². The molecule has 4 nitrogen and oxygen atoms in total. The molecule has 0 bridgehead atoms. The van der Waals surface area contributed by atoms with E-state index in [-0.39, 0.29) is 24.0 Å². The van der Waals surface area contributed by atoms with Crippen molar-refractivity contribution < 1.29 is 5.11 Å². The van der Waals surface area contributed by atoms with E-state index in [4.69, 9.17) is 11.6 Å². The van der Waals surface area contributed by atoms with E-state index in [2.05, 4.69) is 29.5 Å². The minimum Gasteiger partial charge on any atom is -0.386 e. The molecular weight excluding hydrogens is 409 g/mol. The SMILES string of the molecule is CN=C(NCC(O)c1ccc(Cl)s1)NC1CC1(C)C.I. The van der Waals surface area contributed by atoms with Crippen molar-refractivity contribution in [1.29, 1.82) is 0 Å². The number of guanidine groups is 1. The quantitative estimate of drug-likeness (QED) is 0.392. The zero-order valence-electron chi connectivity index (χ0n) is 11.8. The highest BCUT2D eigenvalue weighted by Gasteiger charge is 2.46. The van der Waals surface area contributed by atoms with Crippen LogP contribution < -0.4 is 10.6 Å². The first-order valence-electron chi connectivity index (χ1n) is 6.33. The number of aliphatic hydroxyl groups is 1. The van der Waals surface area contributed by atoms with Crippen molar-refractivity contribution in [2.75, 3.05) is 13.6 Å². The highest BCUT2D eigenvalue weighted by atomic mass is 127. The van der Waals surface area contributed by atoms with Crippen molar-refractivity contribution in [3.8, 4) is 0 Å². The topological polar surface area (TPSA) is 56.7 Å². The van der Waals surface area contributed by atoms with Gasteiger partial charge in [0.2, 0.25) is 0 Å². The summed E-state index contributed by atoms with van der Waals surface area (Å²) in [5.74, 6) is 0.734. The number of thiophene rings is 1. The Labute approximate surface area is 146 Å². The van der Waals surface area contributed by atoms with Crippen molar-refractivity contribution in [1.82, 2.24) is 10.6 Å². The molecule has 0 amide bonds. The molecule has 20 heavy (non-hydrogen) atoms. The predicted molar refractivity (Wildman–Crippen MR) is 96.4 cm³/mol. The molecule has 0 saturated heterocycles. The summed E-state index contributed by atoms with van der Waals surface area (Å²) in [6.45, 7) is 4.87. The first-order chi connectivity index (χ1) is 8.92. The van der Waals surface area contributed by atoms with E-state index in [0.29, 0.717) is 22.3 Å². The summed E-state index contributed by atoms with van der Waals surface area (Å²) in [5.41, 5.74) is 0.345. The lowest BCUT2D eigenvalue weighted by molar-refractivity contribution is 0.184. The Bertz CT molecular complexity index is 478. The first-order valence-corrected chi connectivity index (χ1v) is 7.52. The molecule has 1 heterocycles. The second-order valence-corrected chi connectivity index (χ2v) is 7.25. The summed E-state index contributed by atoms with van der Waals surface area (Å²) in [4.78, 5) is 5.03. The van der Waals surface area contributed by atoms with Crippen LogP contribution in [0.1, 0.15) is 31.2 Å². The molecule has 0 radical (unpaired) electrons. The van der Waals surface area contributed by atoms with E-state index in [0.717, 1.165) is 17.3 Å². The molecule has 1 aromatic rings. The van der Waals surface area contributed by atoms with Gasteiger partial charge in [-0.2, -0.15) is 0 Å². The molecule has 1 saturated carbocycles. The van der Waals surface area contributed by atoms with Crippen LogP contribution >= 0.6 is 46.9 Å². The standard InChI is InChI=1S/C13H20ClN3OS.HI/c1-13(2)6-10(13)17-12(15-3)16-7-8(18)9-4-5-11(14)19-9;/h4-5,8,10,18H,6-7H2,1-3H3,(H2,15,16,17);1H. The highest BCUT2D eigenvalue weighted by molar-refractivity contribution is 14.0. The maximum absolute atomic E-state index is 10.0. The molecule has 1 aliphatic carbocycles. The van der Waals surface area contributed by atoms with Crippen molar-refractivity contribution in [2.24, 2.45) is 10.4 Å². The van der Waals surface area contributed by atoms with Gasteiger partial charge in [0.05, 0.1) is 4.34 Å². The minimum absolute atomic E-state index is 0. The Morgan fingerprint density at radius 3 is 2.70 bits per heavy atom. The molecule has 1 fully saturated rings. The summed E-state index contributed by atoms with van der Waals surface area (Å²) in [6.07, 6.45) is 0.583. The zero-order valence-corrected chi connectivity index (χ0v) is 15.7. The van der Waals surface area contributed by atoms with E-state index in [1.54, 1.807) is 13.1 Å². The number of halogens is 2. The van der Waals surface area contributed by atoms with Gasteiger partial charge >= 0.3 is 0 Å². The number of hydrogen-bond donors (Lipinski definition) is 3. The number of hydrogen-bond acceptors (Lipinski definition) is 3. The lowest BCUT2D eigenvalue weighted by Crippen LogP contribution is -2.41. The fourth-order valence-electron chi connectivity index (χ4n) is 1.87. The number of rotatable bonds is 4. The fraction of sp³-hybridized carbons (Fsp3) is 0.615. The van der Waals surface area contributed by atoms with Crippen molar-refractivity contribution in [3.05, 3.63) is 21.3 Å². The Balaban J connectivity index is 0.00000200. The third kappa shape index (κ3) is 4.75. The first kappa shape index (κ1) is 18.0. The second-order valence-electron chi connectivity index (χ2n) is 5.50. The molecule has 1 aliphatic rings. The van der Waals surface area contributed by atoms with E-state index in [9.17, 15) is 5.11 Å². The van der Waals surface area contributed by atoms with Gasteiger partial charge in [-0.15, -0.1) is 35.3 Å². The van der Waals surface area contributed by atoms with Gasteiger partial charge in [0.25, 0.3) is 0 Å². The predicted octanol–water partition coefficient (Wildman–Crippen LogP) is 3.02. The van der Waals surface area contributed by atoms with Gasteiger partial charge in [0, 0.05) is 24.5 Å². The third-order valence-corrected chi connectivity index (χ3v) is 4.77. The molecule has 2 rings (SSSR count). The van der Waals surface area contributed by atoms with E-state index in [1.165, 1.54) is 11.3 Å². The summed E-state index contributed by atoms with van der Waals surface area (Å²) in [6, 6.07) is 4.11. The molecule has 2 unspecified atom stereocenters. The van der Waals surface area contributed by atoms with E-state index < -0.39 is 6.10 Å². The maximum atomic E-state index is 10.0. The van der Waals surface area contributed by atoms with Crippen LogP contribution in [0.5, 0.6) is 0 Å². The molecule has 2 atom stereocenters. The van der Waals surface area contributed by atoms with Crippen molar-refractivity contribution in [3.63, 3.8) is 0 Å². The van der Waals surface area contributed by atoms with Crippen LogP contribution in [0.25, 0.3) is 0 Å². The zero-order chi connectivity index (χ0) is 14.0. The van der Waals surface area contributed by atoms with Crippen molar-refractivity contribution in [2.45, 2.75) is 32.4 Å². The molecule has 0 aromatic carbocycles.